The average molecular weight is 316 g/mol. The second-order valence-electron chi connectivity index (χ2n) is 5.00. The zero-order valence-corrected chi connectivity index (χ0v) is 13.4. The van der Waals surface area contributed by atoms with Crippen molar-refractivity contribution in [2.75, 3.05) is 21.3 Å². The number of methoxy groups -OCH3 is 3. The van der Waals surface area contributed by atoms with Gasteiger partial charge in [0.2, 0.25) is 0 Å². The molecule has 0 aliphatic heterocycles. The van der Waals surface area contributed by atoms with E-state index in [2.05, 4.69) is 0 Å². The van der Waals surface area contributed by atoms with Gasteiger partial charge < -0.3 is 19.3 Å². The Hall–Kier alpha value is -2.53. The van der Waals surface area contributed by atoms with Gasteiger partial charge in [-0.05, 0) is 35.4 Å². The highest BCUT2D eigenvalue weighted by Crippen LogP contribution is 2.34. The summed E-state index contributed by atoms with van der Waals surface area (Å²) in [6.07, 6.45) is -1.07. The number of hydrogen-bond donors (Lipinski definition) is 1. The van der Waals surface area contributed by atoms with E-state index in [-0.39, 0.29) is 0 Å². The summed E-state index contributed by atoms with van der Waals surface area (Å²) in [5, 5.41) is 10.7. The molecule has 2 rings (SSSR count). The molecule has 0 amide bonds. The third-order valence-corrected chi connectivity index (χ3v) is 3.66. The predicted molar refractivity (Wildman–Crippen MR) is 85.7 cm³/mol. The van der Waals surface area contributed by atoms with Crippen LogP contribution in [0.5, 0.6) is 11.5 Å². The van der Waals surface area contributed by atoms with E-state index in [9.17, 15) is 9.90 Å². The van der Waals surface area contributed by atoms with Crippen LogP contribution in [-0.4, -0.2) is 32.4 Å². The van der Waals surface area contributed by atoms with Crippen LogP contribution >= 0.6 is 0 Å². The van der Waals surface area contributed by atoms with Crippen LogP contribution in [0, 0.1) is 0 Å². The summed E-state index contributed by atoms with van der Waals surface area (Å²) < 4.78 is 15.2. The Morgan fingerprint density at radius 2 is 1.43 bits per heavy atom. The van der Waals surface area contributed by atoms with Crippen LogP contribution in [0.25, 0.3) is 0 Å². The largest absolute Gasteiger partial charge is 0.497 e. The molecule has 0 radical (unpaired) electrons. The average Bonchev–Trinajstić information content (AvgIpc) is 2.61. The lowest BCUT2D eigenvalue weighted by Crippen LogP contribution is -2.22. The number of carbonyl (C=O) groups is 1. The smallest absolute Gasteiger partial charge is 0.316 e. The van der Waals surface area contributed by atoms with E-state index >= 15 is 0 Å². The molecule has 122 valence electrons. The molecule has 0 aromatic heterocycles. The lowest BCUT2D eigenvalue weighted by Gasteiger charge is -2.22. The minimum atomic E-state index is -1.07. The van der Waals surface area contributed by atoms with E-state index in [1.54, 1.807) is 62.8 Å². The highest BCUT2D eigenvalue weighted by atomic mass is 16.5. The Bertz CT molecular complexity index is 668. The Kier molecular flexibility index (Phi) is 5.60. The first-order chi connectivity index (χ1) is 11.1. The zero-order chi connectivity index (χ0) is 16.8. The van der Waals surface area contributed by atoms with Crippen molar-refractivity contribution in [3.63, 3.8) is 0 Å². The lowest BCUT2D eigenvalue weighted by atomic mass is 9.89. The maximum Gasteiger partial charge on any atom is 0.316 e. The summed E-state index contributed by atoms with van der Waals surface area (Å²) in [6.45, 7) is 0. The van der Waals surface area contributed by atoms with E-state index < -0.39 is 18.0 Å². The molecule has 2 aromatic rings. The summed E-state index contributed by atoms with van der Waals surface area (Å²) in [4.78, 5) is 12.2. The first-order valence-electron chi connectivity index (χ1n) is 7.14. The quantitative estimate of drug-likeness (QED) is 0.830. The van der Waals surface area contributed by atoms with Gasteiger partial charge in [0.05, 0.1) is 27.4 Å². The lowest BCUT2D eigenvalue weighted by molar-refractivity contribution is -0.145. The second-order valence-corrected chi connectivity index (χ2v) is 5.00. The van der Waals surface area contributed by atoms with Crippen molar-refractivity contribution in [3.8, 4) is 11.5 Å². The number of hydrogen-bond acceptors (Lipinski definition) is 5. The van der Waals surface area contributed by atoms with Crippen LogP contribution < -0.4 is 9.47 Å². The summed E-state index contributed by atoms with van der Waals surface area (Å²) in [7, 11) is 4.39. The number of aliphatic hydroxyl groups excluding tert-OH is 1. The van der Waals surface area contributed by atoms with Crippen molar-refractivity contribution in [1.29, 1.82) is 0 Å². The molecule has 0 saturated carbocycles. The maximum atomic E-state index is 12.2. The molecular weight excluding hydrogens is 296 g/mol. The Morgan fingerprint density at radius 3 is 1.96 bits per heavy atom. The number of ether oxygens (including phenoxy) is 3. The highest BCUT2D eigenvalue weighted by molar-refractivity contribution is 5.79. The molecule has 0 aliphatic carbocycles. The Morgan fingerprint density at radius 1 is 0.913 bits per heavy atom. The summed E-state index contributed by atoms with van der Waals surface area (Å²) in [5.74, 6) is -0.166. The first-order valence-corrected chi connectivity index (χ1v) is 7.14. The molecule has 0 unspecified atom stereocenters. The van der Waals surface area contributed by atoms with Crippen LogP contribution in [0.15, 0.2) is 48.5 Å². The van der Waals surface area contributed by atoms with Crippen LogP contribution in [-0.2, 0) is 9.53 Å². The molecule has 0 spiro atoms. The standard InChI is InChI=1S/C18H20O5/c1-21-14-8-4-6-12(10-14)16(18(20)23-3)17(19)13-7-5-9-15(11-13)22-2/h4-11,16-17,19H,1-3H3/t16-,17+/m0/s1. The molecule has 0 bridgehead atoms. The van der Waals surface area contributed by atoms with Gasteiger partial charge in [0.25, 0.3) is 0 Å². The third-order valence-electron chi connectivity index (χ3n) is 3.66. The second kappa shape index (κ2) is 7.65. The van der Waals surface area contributed by atoms with E-state index in [0.717, 1.165) is 0 Å². The first kappa shape index (κ1) is 16.8. The number of esters is 1. The molecule has 2 aromatic carbocycles. The van der Waals surface area contributed by atoms with Crippen molar-refractivity contribution in [2.24, 2.45) is 0 Å². The van der Waals surface area contributed by atoms with Crippen LogP contribution in [0.4, 0.5) is 0 Å². The molecular formula is C18H20O5. The van der Waals surface area contributed by atoms with Crippen molar-refractivity contribution < 1.29 is 24.1 Å². The van der Waals surface area contributed by atoms with E-state index in [0.29, 0.717) is 22.6 Å². The van der Waals surface area contributed by atoms with E-state index in [1.807, 2.05) is 0 Å². The fourth-order valence-electron chi connectivity index (χ4n) is 2.43. The predicted octanol–water partition coefficient (Wildman–Crippen LogP) is 2.69. The van der Waals surface area contributed by atoms with E-state index in [1.165, 1.54) is 7.11 Å². The number of benzene rings is 2. The van der Waals surface area contributed by atoms with E-state index in [4.69, 9.17) is 14.2 Å². The van der Waals surface area contributed by atoms with Crippen LogP contribution in [0.1, 0.15) is 23.1 Å². The van der Waals surface area contributed by atoms with Crippen molar-refractivity contribution in [2.45, 2.75) is 12.0 Å². The van der Waals surface area contributed by atoms with Gasteiger partial charge in [-0.15, -0.1) is 0 Å². The van der Waals surface area contributed by atoms with Crippen molar-refractivity contribution in [3.05, 3.63) is 59.7 Å². The number of rotatable bonds is 6. The third kappa shape index (κ3) is 3.81. The molecule has 0 aliphatic rings. The molecule has 5 nitrogen and oxygen atoms in total. The van der Waals surface area contributed by atoms with Crippen LogP contribution in [0.3, 0.4) is 0 Å². The zero-order valence-electron chi connectivity index (χ0n) is 13.4. The van der Waals surface area contributed by atoms with Gasteiger partial charge in [-0.1, -0.05) is 24.3 Å². The van der Waals surface area contributed by atoms with Crippen molar-refractivity contribution >= 4 is 5.97 Å². The van der Waals surface area contributed by atoms with Gasteiger partial charge in [0.15, 0.2) is 0 Å². The maximum absolute atomic E-state index is 12.2. The van der Waals surface area contributed by atoms with Gasteiger partial charge in [-0.25, -0.2) is 0 Å². The summed E-state index contributed by atoms with van der Waals surface area (Å²) in [6, 6.07) is 14.0. The minimum Gasteiger partial charge on any atom is -0.497 e. The molecule has 23 heavy (non-hydrogen) atoms. The monoisotopic (exact) mass is 316 g/mol. The Balaban J connectivity index is 2.42. The molecule has 2 atom stereocenters. The molecule has 5 heteroatoms. The van der Waals surface area contributed by atoms with Crippen LogP contribution in [0.2, 0.25) is 0 Å². The molecule has 0 saturated heterocycles. The van der Waals surface area contributed by atoms with Gasteiger partial charge in [-0.3, -0.25) is 4.79 Å². The fraction of sp³-hybridized carbons (Fsp3) is 0.278. The molecule has 0 heterocycles. The van der Waals surface area contributed by atoms with Crippen molar-refractivity contribution in [1.82, 2.24) is 0 Å². The highest BCUT2D eigenvalue weighted by Gasteiger charge is 2.31. The Labute approximate surface area is 135 Å². The summed E-state index contributed by atoms with van der Waals surface area (Å²) in [5.41, 5.74) is 1.19. The number of aliphatic hydroxyl groups is 1. The molecule has 1 N–H and O–H groups in total. The fourth-order valence-corrected chi connectivity index (χ4v) is 2.43. The van der Waals surface area contributed by atoms with Gasteiger partial charge in [-0.2, -0.15) is 0 Å². The topological polar surface area (TPSA) is 65.0 Å². The van der Waals surface area contributed by atoms with Gasteiger partial charge >= 0.3 is 5.97 Å². The summed E-state index contributed by atoms with van der Waals surface area (Å²) >= 11 is 0. The van der Waals surface area contributed by atoms with Gasteiger partial charge in [0.1, 0.15) is 17.4 Å². The normalized spacial score (nSPS) is 13.0. The SMILES string of the molecule is COC(=O)[C@@H](c1cccc(OC)c1)[C@H](O)c1cccc(OC)c1. The number of carbonyl (C=O) groups excluding carboxylic acids is 1. The van der Waals surface area contributed by atoms with Gasteiger partial charge in [0, 0.05) is 0 Å². The molecule has 0 fully saturated rings. The minimum absolute atomic E-state index is 0.520.